The molecule has 0 atom stereocenters. The van der Waals surface area contributed by atoms with E-state index < -0.39 is 10.0 Å². The molecule has 1 aromatic heterocycles. The number of aliphatic imine (C=N–C) groups is 1. The van der Waals surface area contributed by atoms with E-state index in [9.17, 15) is 8.42 Å². The monoisotopic (exact) mass is 381 g/mol. The van der Waals surface area contributed by atoms with E-state index in [2.05, 4.69) is 25.3 Å². The largest absolute Gasteiger partial charge is 0.352 e. The lowest BCUT2D eigenvalue weighted by molar-refractivity contribution is 0.588. The molecule has 136 valence electrons. The van der Waals surface area contributed by atoms with Gasteiger partial charge in [0.05, 0.1) is 22.1 Å². The average Bonchev–Trinajstić information content (AvgIpc) is 2.93. The average molecular weight is 382 g/mol. The second-order valence-electron chi connectivity index (χ2n) is 5.37. The number of hydrogen-bond acceptors (Lipinski definition) is 5. The molecule has 0 saturated heterocycles. The summed E-state index contributed by atoms with van der Waals surface area (Å²) in [5, 5.41) is 7.52. The molecule has 9 heteroatoms. The first-order valence-corrected chi connectivity index (χ1v) is 10.1. The van der Waals surface area contributed by atoms with Crippen LogP contribution in [0, 0.1) is 13.8 Å². The molecule has 0 bridgehead atoms. The Morgan fingerprint density at radius 2 is 1.80 bits per heavy atom. The SMILES string of the molecule is CN=C(NCc1ccc(S(=O)(=O)NC)cc1)NCc1sc(C)nc1C. The minimum absolute atomic E-state index is 0.247. The lowest BCUT2D eigenvalue weighted by Crippen LogP contribution is -2.36. The summed E-state index contributed by atoms with van der Waals surface area (Å²) in [4.78, 5) is 10.0. The molecule has 2 aromatic rings. The van der Waals surface area contributed by atoms with Crippen molar-refractivity contribution in [2.75, 3.05) is 14.1 Å². The van der Waals surface area contributed by atoms with Crippen molar-refractivity contribution in [3.05, 3.63) is 45.4 Å². The minimum Gasteiger partial charge on any atom is -0.352 e. The van der Waals surface area contributed by atoms with Crippen molar-refractivity contribution in [3.63, 3.8) is 0 Å². The van der Waals surface area contributed by atoms with Crippen LogP contribution in [0.15, 0.2) is 34.2 Å². The number of nitrogens with one attached hydrogen (secondary N) is 3. The summed E-state index contributed by atoms with van der Waals surface area (Å²) in [7, 11) is -0.297. The third-order valence-corrected chi connectivity index (χ3v) is 6.11. The highest BCUT2D eigenvalue weighted by molar-refractivity contribution is 7.89. The first-order valence-electron chi connectivity index (χ1n) is 7.75. The predicted molar refractivity (Wildman–Crippen MR) is 101 cm³/mol. The predicted octanol–water partition coefficient (Wildman–Crippen LogP) is 1.53. The van der Waals surface area contributed by atoms with Gasteiger partial charge in [-0.25, -0.2) is 18.1 Å². The van der Waals surface area contributed by atoms with Gasteiger partial charge in [0, 0.05) is 18.5 Å². The van der Waals surface area contributed by atoms with Crippen LogP contribution in [0.3, 0.4) is 0 Å². The summed E-state index contributed by atoms with van der Waals surface area (Å²) in [5.41, 5.74) is 2.00. The molecular weight excluding hydrogens is 358 g/mol. The van der Waals surface area contributed by atoms with Gasteiger partial charge in [0.2, 0.25) is 10.0 Å². The fraction of sp³-hybridized carbons (Fsp3) is 0.375. The Morgan fingerprint density at radius 3 is 2.32 bits per heavy atom. The highest BCUT2D eigenvalue weighted by atomic mass is 32.2. The van der Waals surface area contributed by atoms with Crippen LogP contribution in [0.5, 0.6) is 0 Å². The Morgan fingerprint density at radius 1 is 1.16 bits per heavy atom. The second-order valence-corrected chi connectivity index (χ2v) is 8.55. The van der Waals surface area contributed by atoms with Crippen LogP contribution in [0.2, 0.25) is 0 Å². The Balaban J connectivity index is 1.91. The molecule has 0 amide bonds. The van der Waals surface area contributed by atoms with E-state index >= 15 is 0 Å². The van der Waals surface area contributed by atoms with E-state index in [1.807, 2.05) is 13.8 Å². The molecule has 1 heterocycles. The van der Waals surface area contributed by atoms with Crippen molar-refractivity contribution in [2.24, 2.45) is 4.99 Å². The molecule has 25 heavy (non-hydrogen) atoms. The number of rotatable bonds is 6. The van der Waals surface area contributed by atoms with Gasteiger partial charge in [0.25, 0.3) is 0 Å². The Labute approximate surface area is 152 Å². The first kappa shape index (κ1) is 19.4. The fourth-order valence-corrected chi connectivity index (χ4v) is 3.82. The normalized spacial score (nSPS) is 12.2. The van der Waals surface area contributed by atoms with Crippen molar-refractivity contribution < 1.29 is 8.42 Å². The Hall–Kier alpha value is -1.97. The molecule has 0 fully saturated rings. The minimum atomic E-state index is -3.40. The van der Waals surface area contributed by atoms with E-state index in [0.29, 0.717) is 19.0 Å². The maximum atomic E-state index is 11.7. The maximum Gasteiger partial charge on any atom is 0.240 e. The van der Waals surface area contributed by atoms with Crippen LogP contribution >= 0.6 is 11.3 Å². The van der Waals surface area contributed by atoms with E-state index in [1.54, 1.807) is 42.6 Å². The molecule has 1 aromatic carbocycles. The number of guanidine groups is 1. The van der Waals surface area contributed by atoms with E-state index in [-0.39, 0.29) is 4.90 Å². The Kier molecular flexibility index (Phi) is 6.51. The van der Waals surface area contributed by atoms with Gasteiger partial charge in [-0.05, 0) is 38.6 Å². The molecule has 0 aliphatic heterocycles. The van der Waals surface area contributed by atoms with Crippen LogP contribution in [0.4, 0.5) is 0 Å². The van der Waals surface area contributed by atoms with Crippen LogP contribution in [-0.2, 0) is 23.1 Å². The lowest BCUT2D eigenvalue weighted by atomic mass is 10.2. The van der Waals surface area contributed by atoms with E-state index in [1.165, 1.54) is 11.9 Å². The van der Waals surface area contributed by atoms with E-state index in [4.69, 9.17) is 0 Å². The summed E-state index contributed by atoms with van der Waals surface area (Å²) in [6.45, 7) is 5.19. The van der Waals surface area contributed by atoms with Gasteiger partial charge >= 0.3 is 0 Å². The third kappa shape index (κ3) is 5.25. The molecule has 2 rings (SSSR count). The van der Waals surface area contributed by atoms with Gasteiger partial charge in [0.15, 0.2) is 5.96 Å². The number of benzene rings is 1. The zero-order chi connectivity index (χ0) is 18.4. The number of aromatic nitrogens is 1. The van der Waals surface area contributed by atoms with Crippen molar-refractivity contribution in [1.29, 1.82) is 0 Å². The first-order chi connectivity index (χ1) is 11.9. The maximum absolute atomic E-state index is 11.7. The Bertz CT molecular complexity index is 842. The quantitative estimate of drug-likeness (QED) is 0.521. The molecule has 0 unspecified atom stereocenters. The molecule has 0 aliphatic carbocycles. The van der Waals surface area contributed by atoms with Gasteiger partial charge in [-0.1, -0.05) is 12.1 Å². The molecule has 0 spiro atoms. The van der Waals surface area contributed by atoms with Crippen molar-refractivity contribution in [3.8, 4) is 0 Å². The number of hydrogen-bond donors (Lipinski definition) is 3. The van der Waals surface area contributed by atoms with Gasteiger partial charge in [-0.2, -0.15) is 0 Å². The zero-order valence-corrected chi connectivity index (χ0v) is 16.4. The summed E-state index contributed by atoms with van der Waals surface area (Å²) in [6.07, 6.45) is 0. The second kappa shape index (κ2) is 8.41. The lowest BCUT2D eigenvalue weighted by Gasteiger charge is -2.12. The van der Waals surface area contributed by atoms with Gasteiger partial charge in [0.1, 0.15) is 0 Å². The number of nitrogens with zero attached hydrogens (tertiary/aromatic N) is 2. The molecule has 0 saturated carbocycles. The highest BCUT2D eigenvalue weighted by Gasteiger charge is 2.10. The van der Waals surface area contributed by atoms with Crippen LogP contribution < -0.4 is 15.4 Å². The van der Waals surface area contributed by atoms with Gasteiger partial charge in [-0.15, -0.1) is 11.3 Å². The molecule has 0 radical (unpaired) electrons. The smallest absolute Gasteiger partial charge is 0.240 e. The van der Waals surface area contributed by atoms with Crippen molar-refractivity contribution >= 4 is 27.3 Å². The number of thiazole rings is 1. The third-order valence-electron chi connectivity index (χ3n) is 3.60. The topological polar surface area (TPSA) is 95.5 Å². The highest BCUT2D eigenvalue weighted by Crippen LogP contribution is 2.16. The summed E-state index contributed by atoms with van der Waals surface area (Å²) < 4.78 is 25.7. The van der Waals surface area contributed by atoms with Crippen LogP contribution in [-0.4, -0.2) is 33.5 Å². The van der Waals surface area contributed by atoms with Gasteiger partial charge in [-0.3, -0.25) is 4.99 Å². The fourth-order valence-electron chi connectivity index (χ4n) is 2.21. The number of aryl methyl sites for hydroxylation is 2. The van der Waals surface area contributed by atoms with Crippen molar-refractivity contribution in [2.45, 2.75) is 31.8 Å². The summed E-state index contributed by atoms with van der Waals surface area (Å²) in [6, 6.07) is 6.73. The molecule has 0 aliphatic rings. The number of sulfonamides is 1. The molecular formula is C16H23N5O2S2. The molecule has 3 N–H and O–H groups in total. The van der Waals surface area contributed by atoms with Gasteiger partial charge < -0.3 is 10.6 Å². The van der Waals surface area contributed by atoms with Crippen molar-refractivity contribution in [1.82, 2.24) is 20.3 Å². The zero-order valence-electron chi connectivity index (χ0n) is 14.8. The molecule has 7 nitrogen and oxygen atoms in total. The summed E-state index contributed by atoms with van der Waals surface area (Å²) in [5.74, 6) is 0.678. The van der Waals surface area contributed by atoms with Crippen LogP contribution in [0.1, 0.15) is 21.1 Å². The standard InChI is InChI=1S/C16H23N5O2S2/c1-11-15(24-12(2)21-11)10-20-16(17-3)19-9-13-5-7-14(8-6-13)25(22,23)18-4/h5-8,18H,9-10H2,1-4H3,(H2,17,19,20). The van der Waals surface area contributed by atoms with E-state index in [0.717, 1.165) is 16.3 Å². The summed E-state index contributed by atoms with van der Waals surface area (Å²) >= 11 is 1.67. The van der Waals surface area contributed by atoms with Crippen LogP contribution in [0.25, 0.3) is 0 Å².